The van der Waals surface area contributed by atoms with E-state index >= 15 is 0 Å². The molecule has 2 aromatic rings. The zero-order chi connectivity index (χ0) is 23.5. The number of Topliss-reactive ketones (excluding diaryl/α,β-unsaturated/α-hetero) is 1. The van der Waals surface area contributed by atoms with Crippen LogP contribution >= 0.6 is 22.6 Å². The molecule has 1 aliphatic carbocycles. The van der Waals surface area contributed by atoms with Crippen molar-refractivity contribution >= 4 is 28.4 Å². The number of ketones is 1. The molecule has 2 aliphatic rings. The summed E-state index contributed by atoms with van der Waals surface area (Å²) >= 11 is 2.15. The van der Waals surface area contributed by atoms with Crippen LogP contribution in [0.2, 0.25) is 0 Å². The molecule has 2 N–H and O–H groups in total. The second-order valence-electron chi connectivity index (χ2n) is 7.72. The number of nitriles is 1. The third-order valence-electron chi connectivity index (χ3n) is 5.57. The van der Waals surface area contributed by atoms with Gasteiger partial charge in [-0.1, -0.05) is 12.1 Å². The van der Waals surface area contributed by atoms with Crippen molar-refractivity contribution in [2.75, 3.05) is 6.61 Å². The van der Waals surface area contributed by atoms with Crippen LogP contribution in [0.4, 0.5) is 4.39 Å². The summed E-state index contributed by atoms with van der Waals surface area (Å²) in [6, 6.07) is 11.9. The van der Waals surface area contributed by atoms with Crippen molar-refractivity contribution in [2.45, 2.75) is 38.7 Å². The fourth-order valence-electron chi connectivity index (χ4n) is 4.08. The summed E-state index contributed by atoms with van der Waals surface area (Å²) in [5, 5.41) is 9.81. The molecule has 0 fully saturated rings. The van der Waals surface area contributed by atoms with Crippen molar-refractivity contribution in [3.63, 3.8) is 0 Å². The smallest absolute Gasteiger partial charge is 0.205 e. The van der Waals surface area contributed by atoms with E-state index in [1.54, 1.807) is 18.2 Å². The summed E-state index contributed by atoms with van der Waals surface area (Å²) in [6.45, 7) is 2.49. The minimum Gasteiger partial charge on any atom is -0.490 e. The highest BCUT2D eigenvalue weighted by Crippen LogP contribution is 2.46. The Balaban J connectivity index is 1.75. The second-order valence-corrected chi connectivity index (χ2v) is 8.88. The van der Waals surface area contributed by atoms with E-state index in [9.17, 15) is 14.4 Å². The summed E-state index contributed by atoms with van der Waals surface area (Å²) in [6.07, 6.45) is 1.70. The van der Waals surface area contributed by atoms with Gasteiger partial charge in [-0.3, -0.25) is 4.79 Å². The molecule has 6 nitrogen and oxygen atoms in total. The summed E-state index contributed by atoms with van der Waals surface area (Å²) in [7, 11) is 0. The van der Waals surface area contributed by atoms with Crippen molar-refractivity contribution in [3.8, 4) is 17.6 Å². The minimum atomic E-state index is -0.620. The van der Waals surface area contributed by atoms with Gasteiger partial charge < -0.3 is 19.9 Å². The number of carbonyl (C=O) groups is 1. The molecule has 0 bridgehead atoms. The number of allylic oxidation sites excluding steroid dienone is 3. The van der Waals surface area contributed by atoms with Gasteiger partial charge in [-0.2, -0.15) is 5.26 Å². The topological polar surface area (TPSA) is 94.6 Å². The van der Waals surface area contributed by atoms with Crippen LogP contribution in [-0.2, 0) is 16.1 Å². The van der Waals surface area contributed by atoms with Crippen LogP contribution in [0, 0.1) is 20.7 Å². The molecule has 0 saturated carbocycles. The molecule has 0 amide bonds. The predicted molar refractivity (Wildman–Crippen MR) is 128 cm³/mol. The first kappa shape index (κ1) is 23.1. The fourth-order valence-corrected chi connectivity index (χ4v) is 4.86. The van der Waals surface area contributed by atoms with E-state index in [4.69, 9.17) is 19.9 Å². The van der Waals surface area contributed by atoms with E-state index in [0.717, 1.165) is 9.13 Å². The Labute approximate surface area is 205 Å². The van der Waals surface area contributed by atoms with Gasteiger partial charge >= 0.3 is 0 Å². The molecule has 0 saturated heterocycles. The molecule has 1 atom stereocenters. The van der Waals surface area contributed by atoms with Gasteiger partial charge in [0.15, 0.2) is 17.3 Å². The van der Waals surface area contributed by atoms with Gasteiger partial charge in [-0.25, -0.2) is 4.39 Å². The molecule has 1 aliphatic heterocycles. The van der Waals surface area contributed by atoms with Gasteiger partial charge in [0.2, 0.25) is 5.88 Å². The molecule has 0 aromatic heterocycles. The molecular weight excluding hydrogens is 538 g/mol. The third-order valence-corrected chi connectivity index (χ3v) is 6.37. The maximum absolute atomic E-state index is 13.2. The number of carbonyl (C=O) groups excluding carboxylic acids is 1. The maximum atomic E-state index is 13.2. The lowest BCUT2D eigenvalue weighted by Gasteiger charge is -2.31. The van der Waals surface area contributed by atoms with Crippen molar-refractivity contribution < 1.29 is 23.4 Å². The van der Waals surface area contributed by atoms with Crippen LogP contribution in [0.1, 0.15) is 43.2 Å². The quantitative estimate of drug-likeness (QED) is 0.487. The molecule has 4 rings (SSSR count). The van der Waals surface area contributed by atoms with Crippen molar-refractivity contribution in [2.24, 2.45) is 5.73 Å². The van der Waals surface area contributed by atoms with Gasteiger partial charge in [0.05, 0.1) is 16.1 Å². The largest absolute Gasteiger partial charge is 0.490 e. The zero-order valence-electron chi connectivity index (χ0n) is 18.0. The molecule has 2 aromatic carbocycles. The van der Waals surface area contributed by atoms with E-state index in [2.05, 4.69) is 28.7 Å². The Hall–Kier alpha value is -3.06. The first-order valence-electron chi connectivity index (χ1n) is 10.6. The number of hydrogen-bond acceptors (Lipinski definition) is 6. The van der Waals surface area contributed by atoms with Crippen LogP contribution in [-0.4, -0.2) is 12.4 Å². The number of halogens is 2. The average molecular weight is 560 g/mol. The number of rotatable bonds is 6. The first-order chi connectivity index (χ1) is 15.9. The molecule has 33 heavy (non-hydrogen) atoms. The standard InChI is InChI=1S/C25H22FIN2O4/c1-2-31-21-11-15(10-18(27)24(21)32-13-14-6-8-16(26)9-7-14)22-17(12-28)25(29)33-20-5-3-4-19(30)23(20)22/h6-11,22H,2-5,13,29H2,1H3/t22-/m1/s1. The van der Waals surface area contributed by atoms with Crippen molar-refractivity contribution in [3.05, 3.63) is 79.7 Å². The Morgan fingerprint density at radius 3 is 2.70 bits per heavy atom. The van der Waals surface area contributed by atoms with Crippen LogP contribution < -0.4 is 15.2 Å². The minimum absolute atomic E-state index is 0.0283. The molecule has 0 radical (unpaired) electrons. The highest BCUT2D eigenvalue weighted by atomic mass is 127. The molecule has 0 unspecified atom stereocenters. The molecule has 170 valence electrons. The van der Waals surface area contributed by atoms with Crippen molar-refractivity contribution in [1.82, 2.24) is 0 Å². The second kappa shape index (κ2) is 9.83. The Bertz CT molecular complexity index is 1200. The van der Waals surface area contributed by atoms with Gasteiger partial charge in [0, 0.05) is 18.4 Å². The molecule has 1 heterocycles. The molecule has 8 heteroatoms. The summed E-state index contributed by atoms with van der Waals surface area (Å²) in [4.78, 5) is 12.8. The summed E-state index contributed by atoms with van der Waals surface area (Å²) < 4.78 is 31.5. The van der Waals surface area contributed by atoms with Gasteiger partial charge in [-0.05, 0) is 71.3 Å². The van der Waals surface area contributed by atoms with E-state index < -0.39 is 5.92 Å². The molecule has 0 spiro atoms. The van der Waals surface area contributed by atoms with Gasteiger partial charge in [-0.15, -0.1) is 0 Å². The highest BCUT2D eigenvalue weighted by Gasteiger charge is 2.38. The first-order valence-corrected chi connectivity index (χ1v) is 11.7. The summed E-state index contributed by atoms with van der Waals surface area (Å²) in [5.41, 5.74) is 8.29. The lowest BCUT2D eigenvalue weighted by Crippen LogP contribution is -2.27. The van der Waals surface area contributed by atoms with E-state index in [-0.39, 0.29) is 29.7 Å². The Morgan fingerprint density at radius 2 is 2.00 bits per heavy atom. The normalized spacial score (nSPS) is 17.9. The highest BCUT2D eigenvalue weighted by molar-refractivity contribution is 14.1. The number of hydrogen-bond donors (Lipinski definition) is 1. The predicted octanol–water partition coefficient (Wildman–Crippen LogP) is 5.22. The fraction of sp³-hybridized carbons (Fsp3) is 0.280. The third kappa shape index (κ3) is 4.69. The van der Waals surface area contributed by atoms with E-state index in [0.29, 0.717) is 54.3 Å². The number of nitrogens with zero attached hydrogens (tertiary/aromatic N) is 1. The van der Waals surface area contributed by atoms with Crippen molar-refractivity contribution in [1.29, 1.82) is 5.26 Å². The summed E-state index contributed by atoms with van der Waals surface area (Å²) in [5.74, 6) is 0.636. The number of benzene rings is 2. The van der Waals surface area contributed by atoms with Gasteiger partial charge in [0.1, 0.15) is 29.8 Å². The zero-order valence-corrected chi connectivity index (χ0v) is 20.1. The van der Waals surface area contributed by atoms with E-state index in [1.807, 2.05) is 13.0 Å². The molecular formula is C25H22FIN2O4. The van der Waals surface area contributed by atoms with Crippen LogP contribution in [0.15, 0.2) is 59.2 Å². The SMILES string of the molecule is CCOc1cc([C@@H]2C(C#N)=C(N)OC3=C2C(=O)CCC3)cc(I)c1OCc1ccc(F)cc1. The Kier molecular flexibility index (Phi) is 6.88. The van der Waals surface area contributed by atoms with Crippen LogP contribution in [0.3, 0.4) is 0 Å². The average Bonchev–Trinajstić information content (AvgIpc) is 2.79. The van der Waals surface area contributed by atoms with Crippen LogP contribution in [0.5, 0.6) is 11.5 Å². The number of ether oxygens (including phenoxy) is 3. The Morgan fingerprint density at radius 1 is 1.24 bits per heavy atom. The number of nitrogens with two attached hydrogens (primary N) is 1. The van der Waals surface area contributed by atoms with E-state index in [1.165, 1.54) is 12.1 Å². The maximum Gasteiger partial charge on any atom is 0.205 e. The lowest BCUT2D eigenvalue weighted by atomic mass is 9.77. The lowest BCUT2D eigenvalue weighted by molar-refractivity contribution is -0.116. The van der Waals surface area contributed by atoms with Crippen LogP contribution in [0.25, 0.3) is 0 Å². The van der Waals surface area contributed by atoms with Gasteiger partial charge in [0.25, 0.3) is 0 Å². The monoisotopic (exact) mass is 560 g/mol.